The summed E-state index contributed by atoms with van der Waals surface area (Å²) < 4.78 is 1.44. The SMILES string of the molecule is O=C1Nc2c(Br)cc(Br)cc2[NH+]([O-])N1. The van der Waals surface area contributed by atoms with Gasteiger partial charge in [0.1, 0.15) is 5.69 Å². The van der Waals surface area contributed by atoms with Crippen molar-refractivity contribution in [3.05, 3.63) is 26.3 Å². The predicted octanol–water partition coefficient (Wildman–Crippen LogP) is 1.28. The number of rotatable bonds is 0. The lowest BCUT2D eigenvalue weighted by molar-refractivity contribution is -0.817. The largest absolute Gasteiger partial charge is 0.603 e. The van der Waals surface area contributed by atoms with E-state index in [9.17, 15) is 10.0 Å². The van der Waals surface area contributed by atoms with E-state index in [-0.39, 0.29) is 0 Å². The van der Waals surface area contributed by atoms with Gasteiger partial charge in [-0.3, -0.25) is 5.32 Å². The Kier molecular flexibility index (Phi) is 2.48. The Hall–Kier alpha value is -0.630. The van der Waals surface area contributed by atoms with Gasteiger partial charge in [-0.15, -0.1) is 0 Å². The summed E-state index contributed by atoms with van der Waals surface area (Å²) in [6.45, 7) is 0. The van der Waals surface area contributed by atoms with Crippen LogP contribution in [-0.2, 0) is 0 Å². The molecule has 2 rings (SSSR count). The Morgan fingerprint density at radius 2 is 2.07 bits per heavy atom. The first-order valence-corrected chi connectivity index (χ1v) is 5.28. The molecule has 0 aromatic heterocycles. The number of fused-ring (bicyclic) bond motifs is 1. The minimum atomic E-state index is -0.509. The Morgan fingerprint density at radius 1 is 1.36 bits per heavy atom. The number of urea groups is 1. The highest BCUT2D eigenvalue weighted by Crippen LogP contribution is 2.32. The van der Waals surface area contributed by atoms with Crippen LogP contribution in [0.25, 0.3) is 0 Å². The van der Waals surface area contributed by atoms with Gasteiger partial charge in [-0.05, 0) is 22.0 Å². The summed E-state index contributed by atoms with van der Waals surface area (Å²) in [5.74, 6) is 0. The highest BCUT2D eigenvalue weighted by molar-refractivity contribution is 9.11. The van der Waals surface area contributed by atoms with E-state index in [0.717, 1.165) is 4.47 Å². The number of halogens is 2. The number of benzene rings is 1. The molecule has 7 heteroatoms. The molecule has 1 aliphatic heterocycles. The molecule has 0 radical (unpaired) electrons. The maximum absolute atomic E-state index is 11.4. The fourth-order valence-electron chi connectivity index (χ4n) is 1.19. The molecule has 1 unspecified atom stereocenters. The summed E-state index contributed by atoms with van der Waals surface area (Å²) in [5, 5.41) is 13.5. The van der Waals surface area contributed by atoms with Gasteiger partial charge in [0.15, 0.2) is 5.69 Å². The molecule has 74 valence electrons. The number of anilines is 1. The van der Waals surface area contributed by atoms with Crippen LogP contribution in [0.2, 0.25) is 0 Å². The molecule has 0 saturated carbocycles. The molecule has 5 nitrogen and oxygen atoms in total. The lowest BCUT2D eigenvalue weighted by Crippen LogP contribution is -3.11. The van der Waals surface area contributed by atoms with Crippen LogP contribution in [0.5, 0.6) is 0 Å². The van der Waals surface area contributed by atoms with Crippen molar-refractivity contribution in [1.82, 2.24) is 5.43 Å². The van der Waals surface area contributed by atoms with E-state index in [4.69, 9.17) is 0 Å². The quantitative estimate of drug-likeness (QED) is 0.630. The van der Waals surface area contributed by atoms with Gasteiger partial charge in [-0.1, -0.05) is 15.9 Å². The molecule has 14 heavy (non-hydrogen) atoms. The van der Waals surface area contributed by atoms with Crippen LogP contribution in [0.15, 0.2) is 21.1 Å². The smallest absolute Gasteiger partial charge is 0.364 e. The van der Waals surface area contributed by atoms with Gasteiger partial charge in [-0.25, -0.2) is 9.97 Å². The highest BCUT2D eigenvalue weighted by atomic mass is 79.9. The number of quaternary nitrogens is 1. The fourth-order valence-corrected chi connectivity index (χ4v) is 2.52. The second-order valence-electron chi connectivity index (χ2n) is 2.72. The van der Waals surface area contributed by atoms with Gasteiger partial charge in [0.05, 0.1) is 0 Å². The molecular weight excluding hydrogens is 318 g/mol. The molecule has 1 heterocycles. The Balaban J connectivity index is 2.58. The van der Waals surface area contributed by atoms with Gasteiger partial charge in [-0.2, -0.15) is 5.43 Å². The fraction of sp³-hybridized carbons (Fsp3) is 0. The number of carbonyl (C=O) groups excluding carboxylic acids is 1. The molecule has 1 atom stereocenters. The zero-order valence-electron chi connectivity index (χ0n) is 6.73. The van der Waals surface area contributed by atoms with Crippen LogP contribution < -0.4 is 15.9 Å². The summed E-state index contributed by atoms with van der Waals surface area (Å²) in [6, 6.07) is 2.90. The lowest BCUT2D eigenvalue weighted by Gasteiger charge is -2.28. The van der Waals surface area contributed by atoms with Crippen molar-refractivity contribution < 1.29 is 9.97 Å². The maximum Gasteiger partial charge on any atom is 0.364 e. The number of amides is 2. The summed E-state index contributed by atoms with van der Waals surface area (Å²) >= 11 is 6.52. The van der Waals surface area contributed by atoms with E-state index in [0.29, 0.717) is 15.8 Å². The molecule has 1 aromatic rings. The second-order valence-corrected chi connectivity index (χ2v) is 4.49. The first-order chi connectivity index (χ1) is 6.58. The molecular formula is C7H5Br2N3O2. The van der Waals surface area contributed by atoms with Crippen molar-refractivity contribution in [2.45, 2.75) is 0 Å². The van der Waals surface area contributed by atoms with E-state index < -0.39 is 11.2 Å². The zero-order chi connectivity index (χ0) is 10.3. The third-order valence-electron chi connectivity index (χ3n) is 1.77. The predicted molar refractivity (Wildman–Crippen MR) is 58.0 cm³/mol. The van der Waals surface area contributed by atoms with Crippen LogP contribution in [0, 0.1) is 5.21 Å². The van der Waals surface area contributed by atoms with Gasteiger partial charge in [0, 0.05) is 15.0 Å². The van der Waals surface area contributed by atoms with Crippen molar-refractivity contribution in [2.75, 3.05) is 5.32 Å². The van der Waals surface area contributed by atoms with E-state index in [1.165, 1.54) is 0 Å². The van der Waals surface area contributed by atoms with Gasteiger partial charge < -0.3 is 5.21 Å². The molecule has 0 saturated heterocycles. The normalized spacial score (nSPS) is 19.6. The zero-order valence-corrected chi connectivity index (χ0v) is 9.90. The van der Waals surface area contributed by atoms with Crippen molar-refractivity contribution in [1.29, 1.82) is 0 Å². The standard InChI is InChI=1S/C7H5Br2N3O2/c8-3-1-4(9)6-5(2-3)12(14)11-7(13)10-6/h1-2,12H,(H2,10,11,13). The Labute approximate surface area is 96.3 Å². The molecule has 0 bridgehead atoms. The molecule has 1 aromatic carbocycles. The Morgan fingerprint density at radius 3 is 2.79 bits per heavy atom. The number of carbonyl (C=O) groups is 1. The maximum atomic E-state index is 11.4. The minimum Gasteiger partial charge on any atom is -0.603 e. The topological polar surface area (TPSA) is 68.6 Å². The third kappa shape index (κ3) is 1.63. The van der Waals surface area contributed by atoms with Crippen LogP contribution in [-0.4, -0.2) is 6.03 Å². The van der Waals surface area contributed by atoms with Crippen LogP contribution in [0.4, 0.5) is 16.2 Å². The van der Waals surface area contributed by atoms with Crippen LogP contribution in [0.3, 0.4) is 0 Å². The number of hydrogen-bond acceptors (Lipinski definition) is 2. The molecule has 2 amide bonds. The van der Waals surface area contributed by atoms with Crippen LogP contribution in [0.1, 0.15) is 0 Å². The van der Waals surface area contributed by atoms with E-state index >= 15 is 0 Å². The van der Waals surface area contributed by atoms with E-state index in [1.807, 2.05) is 0 Å². The first-order valence-electron chi connectivity index (χ1n) is 3.69. The third-order valence-corrected chi connectivity index (χ3v) is 2.85. The lowest BCUT2D eigenvalue weighted by atomic mass is 10.2. The molecule has 0 aliphatic carbocycles. The molecule has 0 spiro atoms. The highest BCUT2D eigenvalue weighted by Gasteiger charge is 2.23. The summed E-state index contributed by atoms with van der Waals surface area (Å²) in [5.41, 5.74) is 3.10. The number of hydrogen-bond donors (Lipinski definition) is 3. The van der Waals surface area contributed by atoms with E-state index in [2.05, 4.69) is 42.6 Å². The summed E-state index contributed by atoms with van der Waals surface area (Å²) in [7, 11) is 0. The Bertz CT molecular complexity index is 410. The number of nitrogens with one attached hydrogen (secondary N) is 3. The molecule has 0 fully saturated rings. The first kappa shape index (κ1) is 9.91. The van der Waals surface area contributed by atoms with Crippen LogP contribution >= 0.6 is 31.9 Å². The minimum absolute atomic E-state index is 0.397. The van der Waals surface area contributed by atoms with Crippen molar-refractivity contribution in [3.63, 3.8) is 0 Å². The second kappa shape index (κ2) is 3.50. The monoisotopic (exact) mass is 321 g/mol. The summed E-state index contributed by atoms with van der Waals surface area (Å²) in [4.78, 5) is 11.0. The average Bonchev–Trinajstić information content (AvgIpc) is 2.07. The van der Waals surface area contributed by atoms with Crippen molar-refractivity contribution in [3.8, 4) is 0 Å². The van der Waals surface area contributed by atoms with E-state index in [1.54, 1.807) is 12.1 Å². The van der Waals surface area contributed by atoms with Gasteiger partial charge >= 0.3 is 6.03 Å². The average molecular weight is 323 g/mol. The molecule has 1 aliphatic rings. The molecule has 3 N–H and O–H groups in total. The summed E-state index contributed by atoms with van der Waals surface area (Å²) in [6.07, 6.45) is 0. The van der Waals surface area contributed by atoms with Crippen molar-refractivity contribution >= 4 is 49.3 Å². The van der Waals surface area contributed by atoms with Gasteiger partial charge in [0.2, 0.25) is 0 Å². The van der Waals surface area contributed by atoms with Gasteiger partial charge in [0.25, 0.3) is 0 Å². The van der Waals surface area contributed by atoms with Crippen molar-refractivity contribution in [2.24, 2.45) is 0 Å².